The van der Waals surface area contributed by atoms with E-state index in [9.17, 15) is 29.2 Å². The van der Waals surface area contributed by atoms with Crippen LogP contribution < -0.4 is 16.0 Å². The van der Waals surface area contributed by atoms with Crippen LogP contribution >= 0.6 is 7.60 Å². The van der Waals surface area contributed by atoms with Gasteiger partial charge in [0.1, 0.15) is 5.92 Å². The van der Waals surface area contributed by atoms with Crippen molar-refractivity contribution in [3.8, 4) is 0 Å². The lowest BCUT2D eigenvalue weighted by Crippen LogP contribution is -2.57. The number of hydrogen-bond donors (Lipinski definition) is 5. The summed E-state index contributed by atoms with van der Waals surface area (Å²) in [4.78, 5) is 39.7. The van der Waals surface area contributed by atoms with Gasteiger partial charge in [-0.05, 0) is 37.8 Å². The molecular weight excluding hydrogens is 537 g/mol. The van der Waals surface area contributed by atoms with E-state index < -0.39 is 62.3 Å². The van der Waals surface area contributed by atoms with Crippen molar-refractivity contribution in [3.05, 3.63) is 71.8 Å². The Morgan fingerprint density at radius 3 is 1.48 bits per heavy atom. The van der Waals surface area contributed by atoms with E-state index in [1.165, 1.54) is 0 Å². The predicted molar refractivity (Wildman–Crippen MR) is 150 cm³/mol. The Morgan fingerprint density at radius 1 is 0.750 bits per heavy atom. The summed E-state index contributed by atoms with van der Waals surface area (Å²) < 4.78 is 24.7. The van der Waals surface area contributed by atoms with Gasteiger partial charge in [0.15, 0.2) is 5.78 Å². The van der Waals surface area contributed by atoms with E-state index in [4.69, 9.17) is 9.05 Å². The third-order valence-electron chi connectivity index (χ3n) is 5.97. The van der Waals surface area contributed by atoms with Gasteiger partial charge in [0.05, 0.1) is 38.5 Å². The molecular formula is C28H40N3O8P. The molecule has 5 N–H and O–H groups in total. The number of nitrogens with one attached hydrogen (secondary N) is 3. The first-order valence-corrected chi connectivity index (χ1v) is 14.8. The van der Waals surface area contributed by atoms with Gasteiger partial charge in [-0.1, -0.05) is 60.7 Å². The average Bonchev–Trinajstić information content (AvgIpc) is 2.93. The second-order valence-corrected chi connectivity index (χ2v) is 11.3. The summed E-state index contributed by atoms with van der Waals surface area (Å²) in [5.74, 6) is -5.94. The molecule has 3 atom stereocenters. The fourth-order valence-corrected chi connectivity index (χ4v) is 6.31. The van der Waals surface area contributed by atoms with E-state index in [0.717, 1.165) is 18.1 Å². The van der Waals surface area contributed by atoms with Crippen LogP contribution in [0.2, 0.25) is 0 Å². The Kier molecular flexibility index (Phi) is 14.0. The summed E-state index contributed by atoms with van der Waals surface area (Å²) in [6.45, 7) is 3.24. The predicted octanol–water partition coefficient (Wildman–Crippen LogP) is 1.77. The molecule has 3 amide bonds. The van der Waals surface area contributed by atoms with Crippen LogP contribution in [0.1, 0.15) is 31.9 Å². The molecule has 11 nitrogen and oxygen atoms in total. The Balaban J connectivity index is 2.45. The van der Waals surface area contributed by atoms with E-state index in [1.807, 2.05) is 60.7 Å². The quantitative estimate of drug-likeness (QED) is 0.140. The van der Waals surface area contributed by atoms with Gasteiger partial charge in [0, 0.05) is 6.92 Å². The van der Waals surface area contributed by atoms with Crippen LogP contribution in [0.4, 0.5) is 0 Å². The third-order valence-corrected chi connectivity index (χ3v) is 8.32. The summed E-state index contributed by atoms with van der Waals surface area (Å²) in [6, 6.07) is 16.7. The first-order chi connectivity index (χ1) is 19.2. The van der Waals surface area contributed by atoms with E-state index in [-0.39, 0.29) is 26.1 Å². The lowest BCUT2D eigenvalue weighted by atomic mass is 10.0. The van der Waals surface area contributed by atoms with Crippen LogP contribution in [0.15, 0.2) is 60.7 Å². The number of benzene rings is 2. The number of aliphatic hydroxyl groups is 2. The number of rotatable bonds is 17. The molecule has 1 unspecified atom stereocenters. The van der Waals surface area contributed by atoms with Gasteiger partial charge in [0.25, 0.3) is 0 Å². The molecule has 2 aromatic rings. The maximum Gasteiger partial charge on any atom is 0.354 e. The van der Waals surface area contributed by atoms with Gasteiger partial charge in [-0.3, -0.25) is 18.9 Å². The zero-order valence-corrected chi connectivity index (χ0v) is 24.0. The molecule has 0 aliphatic rings. The van der Waals surface area contributed by atoms with Crippen LogP contribution in [0, 0.1) is 5.92 Å². The second-order valence-electron chi connectivity index (χ2n) is 9.15. The zero-order chi connectivity index (χ0) is 29.5. The van der Waals surface area contributed by atoms with Gasteiger partial charge in [-0.15, -0.1) is 0 Å². The van der Waals surface area contributed by atoms with Crippen molar-refractivity contribution in [3.63, 3.8) is 0 Å². The summed E-state index contributed by atoms with van der Waals surface area (Å²) in [6.07, 6.45) is 0.508. The van der Waals surface area contributed by atoms with Crippen LogP contribution in [0.25, 0.3) is 0 Å². The van der Waals surface area contributed by atoms with Crippen molar-refractivity contribution >= 4 is 25.3 Å². The fourth-order valence-electron chi connectivity index (χ4n) is 4.22. The Labute approximate surface area is 235 Å². The van der Waals surface area contributed by atoms with E-state index in [2.05, 4.69) is 16.0 Å². The highest BCUT2D eigenvalue weighted by Gasteiger charge is 2.49. The molecule has 0 heterocycles. The number of carbonyl (C=O) groups is 3. The smallest absolute Gasteiger partial charge is 0.354 e. The van der Waals surface area contributed by atoms with E-state index in [0.29, 0.717) is 0 Å². The normalized spacial score (nSPS) is 13.8. The number of hydrogen-bond acceptors (Lipinski definition) is 8. The second kappa shape index (κ2) is 16.9. The monoisotopic (exact) mass is 577 g/mol. The van der Waals surface area contributed by atoms with Gasteiger partial charge in [0.2, 0.25) is 17.7 Å². The largest absolute Gasteiger partial charge is 0.394 e. The molecule has 0 fully saturated rings. The fraction of sp³-hybridized carbons (Fsp3) is 0.464. The van der Waals surface area contributed by atoms with Gasteiger partial charge >= 0.3 is 7.60 Å². The van der Waals surface area contributed by atoms with Crippen molar-refractivity contribution < 1.29 is 38.2 Å². The van der Waals surface area contributed by atoms with Gasteiger partial charge < -0.3 is 35.2 Å². The lowest BCUT2D eigenvalue weighted by molar-refractivity contribution is -0.137. The summed E-state index contributed by atoms with van der Waals surface area (Å²) in [5.41, 5.74) is 1.66. The minimum atomic E-state index is -4.26. The standard InChI is InChI=1S/C28H40N3O8P/c1-4-38-40(37,39-5-2)28(29-20(3)34)25(26(35)30-23(18-32)16-21-12-8-6-9-13-21)27(36)31-24(19-33)17-22-14-10-7-11-15-22/h6-15,23-25,28,32-33H,4-5,16-19H2,1-3H3,(H,29,34)(H,30,35)(H,31,36)/t23-,24-,28?/m0/s1. The molecule has 0 aliphatic carbocycles. The van der Waals surface area contributed by atoms with Gasteiger partial charge in [-0.25, -0.2) is 0 Å². The summed E-state index contributed by atoms with van der Waals surface area (Å²) >= 11 is 0. The lowest BCUT2D eigenvalue weighted by Gasteiger charge is -2.33. The van der Waals surface area contributed by atoms with Crippen molar-refractivity contribution in [2.45, 2.75) is 51.5 Å². The van der Waals surface area contributed by atoms with E-state index >= 15 is 0 Å². The minimum Gasteiger partial charge on any atom is -0.394 e. The minimum absolute atomic E-state index is 0.0795. The molecule has 0 radical (unpaired) electrons. The molecule has 2 aromatic carbocycles. The summed E-state index contributed by atoms with van der Waals surface area (Å²) in [7, 11) is -4.26. The molecule has 0 saturated carbocycles. The summed E-state index contributed by atoms with van der Waals surface area (Å²) in [5, 5.41) is 27.7. The van der Waals surface area contributed by atoms with Gasteiger partial charge in [-0.2, -0.15) is 0 Å². The molecule has 0 saturated heterocycles. The van der Waals surface area contributed by atoms with Crippen LogP contribution in [-0.2, 0) is 40.8 Å². The molecule has 0 aliphatic heterocycles. The maximum absolute atomic E-state index is 13.9. The highest BCUT2D eigenvalue weighted by Crippen LogP contribution is 2.54. The van der Waals surface area contributed by atoms with Crippen molar-refractivity contribution in [1.82, 2.24) is 16.0 Å². The molecule has 12 heteroatoms. The molecule has 220 valence electrons. The topological polar surface area (TPSA) is 163 Å². The Hall–Kier alpha value is -3.08. The van der Waals surface area contributed by atoms with Crippen molar-refractivity contribution in [2.75, 3.05) is 26.4 Å². The first kappa shape index (κ1) is 33.1. The zero-order valence-electron chi connectivity index (χ0n) is 23.1. The number of carbonyl (C=O) groups excluding carboxylic acids is 3. The van der Waals surface area contributed by atoms with Crippen molar-refractivity contribution in [1.29, 1.82) is 0 Å². The van der Waals surface area contributed by atoms with Crippen LogP contribution in [0.3, 0.4) is 0 Å². The molecule has 0 aromatic heterocycles. The highest BCUT2D eigenvalue weighted by atomic mass is 31.2. The Morgan fingerprint density at radius 2 is 1.15 bits per heavy atom. The number of aliphatic hydroxyl groups excluding tert-OH is 2. The maximum atomic E-state index is 13.9. The molecule has 2 rings (SSSR count). The first-order valence-electron chi connectivity index (χ1n) is 13.2. The molecule has 0 spiro atoms. The Bertz CT molecular complexity index is 1050. The average molecular weight is 578 g/mol. The molecule has 0 bridgehead atoms. The number of amides is 3. The third kappa shape index (κ3) is 10.1. The molecule has 40 heavy (non-hydrogen) atoms. The van der Waals surface area contributed by atoms with Crippen molar-refractivity contribution in [2.24, 2.45) is 5.92 Å². The van der Waals surface area contributed by atoms with E-state index in [1.54, 1.807) is 13.8 Å². The highest BCUT2D eigenvalue weighted by molar-refractivity contribution is 7.54. The van der Waals surface area contributed by atoms with Crippen LogP contribution in [0.5, 0.6) is 0 Å². The van der Waals surface area contributed by atoms with Crippen LogP contribution in [-0.4, -0.2) is 72.2 Å². The SMILES string of the molecule is CCOP(=O)(OCC)C(NC(C)=O)C(C(=O)N[C@H](CO)Cc1ccccc1)C(=O)N[C@H](CO)Cc1ccccc1.